The molecule has 0 atom stereocenters. The summed E-state index contributed by atoms with van der Waals surface area (Å²) in [6.45, 7) is 2.54. The van der Waals surface area contributed by atoms with Crippen molar-refractivity contribution in [2.24, 2.45) is 0 Å². The molecule has 21 heavy (non-hydrogen) atoms. The van der Waals surface area contributed by atoms with Crippen LogP contribution >= 0.6 is 0 Å². The number of hydrogen-bond acceptors (Lipinski definition) is 4. The Balaban J connectivity index is 2.52. The molecule has 0 spiro atoms. The summed E-state index contributed by atoms with van der Waals surface area (Å²) in [7, 11) is -2.28. The molecule has 0 radical (unpaired) electrons. The zero-order valence-electron chi connectivity index (χ0n) is 12.1. The van der Waals surface area contributed by atoms with E-state index in [2.05, 4.69) is 0 Å². The van der Waals surface area contributed by atoms with E-state index < -0.39 is 16.0 Å². The predicted octanol–water partition coefficient (Wildman–Crippen LogP) is 1.88. The van der Waals surface area contributed by atoms with Crippen molar-refractivity contribution in [3.8, 4) is 5.75 Å². The van der Waals surface area contributed by atoms with E-state index in [4.69, 9.17) is 4.74 Å². The average molecular weight is 313 g/mol. The van der Waals surface area contributed by atoms with Crippen molar-refractivity contribution < 1.29 is 23.1 Å². The van der Waals surface area contributed by atoms with Gasteiger partial charge in [0.25, 0.3) is 0 Å². The molecule has 1 N–H and O–H groups in total. The van der Waals surface area contributed by atoms with Crippen LogP contribution in [0.25, 0.3) is 0 Å². The number of hydrogen-bond donors (Lipinski definition) is 1. The number of piperidine rings is 1. The first kappa shape index (κ1) is 15.8. The molecule has 7 heteroatoms. The summed E-state index contributed by atoms with van der Waals surface area (Å²) in [6, 6.07) is 2.61. The number of rotatable bonds is 4. The zero-order valence-corrected chi connectivity index (χ0v) is 12.9. The molecule has 6 nitrogen and oxygen atoms in total. The molecule has 1 aliphatic heterocycles. The maximum atomic E-state index is 12.6. The van der Waals surface area contributed by atoms with Crippen molar-refractivity contribution in [2.75, 3.05) is 20.2 Å². The van der Waals surface area contributed by atoms with Crippen molar-refractivity contribution in [1.29, 1.82) is 0 Å². The quantitative estimate of drug-likeness (QED) is 0.917. The largest absolute Gasteiger partial charge is 0.496 e. The van der Waals surface area contributed by atoms with Gasteiger partial charge >= 0.3 is 5.97 Å². The smallest absolute Gasteiger partial charge is 0.336 e. The third kappa shape index (κ3) is 3.03. The highest BCUT2D eigenvalue weighted by molar-refractivity contribution is 7.89. The van der Waals surface area contributed by atoms with Gasteiger partial charge in [-0.15, -0.1) is 0 Å². The van der Waals surface area contributed by atoms with Gasteiger partial charge in [0, 0.05) is 24.7 Å². The molecule has 2 rings (SSSR count). The molecule has 1 heterocycles. The van der Waals surface area contributed by atoms with Crippen molar-refractivity contribution in [1.82, 2.24) is 4.31 Å². The Morgan fingerprint density at radius 1 is 1.24 bits per heavy atom. The first-order valence-electron chi connectivity index (χ1n) is 6.80. The van der Waals surface area contributed by atoms with Gasteiger partial charge in [-0.2, -0.15) is 4.31 Å². The summed E-state index contributed by atoms with van der Waals surface area (Å²) >= 11 is 0. The fraction of sp³-hybridized carbons (Fsp3) is 0.500. The van der Waals surface area contributed by atoms with Gasteiger partial charge in [-0.05, 0) is 25.8 Å². The van der Waals surface area contributed by atoms with E-state index in [1.165, 1.54) is 23.5 Å². The first-order valence-corrected chi connectivity index (χ1v) is 8.24. The second-order valence-corrected chi connectivity index (χ2v) is 7.01. The summed E-state index contributed by atoms with van der Waals surface area (Å²) in [6.07, 6.45) is 2.67. The highest BCUT2D eigenvalue weighted by Gasteiger charge is 2.28. The second kappa shape index (κ2) is 6.03. The predicted molar refractivity (Wildman–Crippen MR) is 77.3 cm³/mol. The summed E-state index contributed by atoms with van der Waals surface area (Å²) < 4.78 is 31.8. The van der Waals surface area contributed by atoms with Crippen LogP contribution in [0.15, 0.2) is 17.0 Å². The van der Waals surface area contributed by atoms with Crippen LogP contribution < -0.4 is 4.74 Å². The van der Waals surface area contributed by atoms with Crippen molar-refractivity contribution in [3.05, 3.63) is 23.3 Å². The number of ether oxygens (including phenoxy) is 1. The van der Waals surface area contributed by atoms with E-state index in [0.29, 0.717) is 18.7 Å². The number of carbonyl (C=O) groups is 1. The lowest BCUT2D eigenvalue weighted by Gasteiger charge is -2.26. The maximum Gasteiger partial charge on any atom is 0.336 e. The fourth-order valence-electron chi connectivity index (χ4n) is 2.50. The van der Waals surface area contributed by atoms with E-state index in [1.54, 1.807) is 6.92 Å². The molecule has 1 aliphatic rings. The Morgan fingerprint density at radius 3 is 2.38 bits per heavy atom. The molecule has 1 fully saturated rings. The summed E-state index contributed by atoms with van der Waals surface area (Å²) in [5.74, 6) is -0.896. The summed E-state index contributed by atoms with van der Waals surface area (Å²) in [5, 5.41) is 9.22. The van der Waals surface area contributed by atoms with Crippen LogP contribution in [-0.2, 0) is 10.0 Å². The van der Waals surface area contributed by atoms with Gasteiger partial charge in [0.15, 0.2) is 0 Å². The average Bonchev–Trinajstić information content (AvgIpc) is 2.47. The lowest BCUT2D eigenvalue weighted by molar-refractivity contribution is 0.0695. The van der Waals surface area contributed by atoms with Crippen LogP contribution in [0.5, 0.6) is 5.75 Å². The first-order chi connectivity index (χ1) is 9.87. The van der Waals surface area contributed by atoms with Gasteiger partial charge in [-0.25, -0.2) is 13.2 Å². The van der Waals surface area contributed by atoms with Crippen LogP contribution in [0.3, 0.4) is 0 Å². The van der Waals surface area contributed by atoms with Crippen LogP contribution in [0.1, 0.15) is 35.2 Å². The van der Waals surface area contributed by atoms with Gasteiger partial charge in [0.1, 0.15) is 5.75 Å². The summed E-state index contributed by atoms with van der Waals surface area (Å²) in [5.41, 5.74) is 0.368. The van der Waals surface area contributed by atoms with Crippen molar-refractivity contribution in [2.45, 2.75) is 31.1 Å². The van der Waals surface area contributed by atoms with E-state index in [1.807, 2.05) is 0 Å². The van der Waals surface area contributed by atoms with Gasteiger partial charge in [0.05, 0.1) is 17.6 Å². The van der Waals surface area contributed by atoms with Crippen LogP contribution in [0.4, 0.5) is 0 Å². The van der Waals surface area contributed by atoms with E-state index in [0.717, 1.165) is 19.3 Å². The highest BCUT2D eigenvalue weighted by Crippen LogP contribution is 2.29. The Kier molecular flexibility index (Phi) is 4.53. The van der Waals surface area contributed by atoms with Gasteiger partial charge < -0.3 is 9.84 Å². The number of methoxy groups -OCH3 is 1. The highest BCUT2D eigenvalue weighted by atomic mass is 32.2. The lowest BCUT2D eigenvalue weighted by atomic mass is 10.1. The second-order valence-electron chi connectivity index (χ2n) is 5.07. The Morgan fingerprint density at radius 2 is 1.86 bits per heavy atom. The third-order valence-corrected chi connectivity index (χ3v) is 5.61. The van der Waals surface area contributed by atoms with Gasteiger partial charge in [-0.3, -0.25) is 0 Å². The molecule has 0 aromatic heterocycles. The number of nitrogens with zero attached hydrogens (tertiary/aromatic N) is 1. The Bertz CT molecular complexity index is 648. The molecule has 116 valence electrons. The molecule has 0 bridgehead atoms. The molecule has 0 aliphatic carbocycles. The van der Waals surface area contributed by atoms with Gasteiger partial charge in [-0.1, -0.05) is 6.42 Å². The molecule has 0 amide bonds. The number of sulfonamides is 1. The number of carboxylic acid groups (broad SMARTS) is 1. The third-order valence-electron chi connectivity index (χ3n) is 3.74. The summed E-state index contributed by atoms with van der Waals surface area (Å²) in [4.78, 5) is 11.3. The minimum Gasteiger partial charge on any atom is -0.496 e. The molecule has 1 saturated heterocycles. The maximum absolute atomic E-state index is 12.6. The number of benzene rings is 1. The molecule has 1 aromatic rings. The monoisotopic (exact) mass is 313 g/mol. The van der Waals surface area contributed by atoms with Crippen LogP contribution in [0.2, 0.25) is 0 Å². The topological polar surface area (TPSA) is 83.9 Å². The van der Waals surface area contributed by atoms with E-state index in [-0.39, 0.29) is 16.2 Å². The standard InChI is InChI=1S/C14H19NO5S/c1-10-12(14(16)17)8-11(9-13(10)20-2)21(18,19)15-6-4-3-5-7-15/h8-9H,3-7H2,1-2H3,(H,16,17). The normalized spacial score (nSPS) is 16.7. The van der Waals surface area contributed by atoms with Crippen molar-refractivity contribution >= 4 is 16.0 Å². The minimum absolute atomic E-state index is 0.0238. The Labute approximate surface area is 124 Å². The SMILES string of the molecule is COc1cc(S(=O)(=O)N2CCCCC2)cc(C(=O)O)c1C. The fourth-order valence-corrected chi connectivity index (χ4v) is 4.06. The van der Waals surface area contributed by atoms with Crippen LogP contribution in [-0.4, -0.2) is 44.0 Å². The van der Waals surface area contributed by atoms with Gasteiger partial charge in [0.2, 0.25) is 10.0 Å². The minimum atomic E-state index is -3.68. The lowest BCUT2D eigenvalue weighted by Crippen LogP contribution is -2.35. The zero-order chi connectivity index (χ0) is 15.6. The Hall–Kier alpha value is -1.60. The molecule has 1 aromatic carbocycles. The molecular weight excluding hydrogens is 294 g/mol. The number of carboxylic acids is 1. The molecular formula is C14H19NO5S. The molecule has 0 saturated carbocycles. The van der Waals surface area contributed by atoms with E-state index in [9.17, 15) is 18.3 Å². The number of aromatic carboxylic acids is 1. The van der Waals surface area contributed by atoms with E-state index >= 15 is 0 Å². The van der Waals surface area contributed by atoms with Crippen molar-refractivity contribution in [3.63, 3.8) is 0 Å². The molecule has 0 unspecified atom stereocenters. The van der Waals surface area contributed by atoms with Crippen LogP contribution in [0, 0.1) is 6.92 Å².